The Kier molecular flexibility index (Phi) is 4.33. The fourth-order valence-electron chi connectivity index (χ4n) is 2.08. The number of ketones is 1. The Morgan fingerprint density at radius 3 is 2.62 bits per heavy atom. The van der Waals surface area contributed by atoms with Gasteiger partial charge in [-0.2, -0.15) is 4.57 Å². The maximum Gasteiger partial charge on any atom is 0.254 e. The van der Waals surface area contributed by atoms with Gasteiger partial charge >= 0.3 is 0 Å². The Morgan fingerprint density at radius 1 is 1.24 bits per heavy atom. The summed E-state index contributed by atoms with van der Waals surface area (Å²) in [6.45, 7) is 2.00. The summed E-state index contributed by atoms with van der Waals surface area (Å²) < 4.78 is 7.14. The minimum absolute atomic E-state index is 0.00482. The second-order valence-electron chi connectivity index (χ2n) is 4.71. The molecule has 21 heavy (non-hydrogen) atoms. The summed E-state index contributed by atoms with van der Waals surface area (Å²) in [5, 5.41) is 0. The van der Waals surface area contributed by atoms with Crippen LogP contribution in [0.5, 0.6) is 5.75 Å². The van der Waals surface area contributed by atoms with Gasteiger partial charge in [-0.25, -0.2) is 0 Å². The number of amides is 1. The summed E-state index contributed by atoms with van der Waals surface area (Å²) >= 11 is 0. The predicted molar refractivity (Wildman–Crippen MR) is 77.3 cm³/mol. The molecule has 0 spiro atoms. The number of benzene rings is 1. The van der Waals surface area contributed by atoms with Crippen molar-refractivity contribution in [1.29, 1.82) is 0 Å². The van der Waals surface area contributed by atoms with Gasteiger partial charge in [-0.3, -0.25) is 9.59 Å². The zero-order valence-electron chi connectivity index (χ0n) is 12.0. The molecule has 0 unspecified atom stereocenters. The standard InChI is InChI=1S/C16H16N2O3/c1-11(19)12-5-6-15(21-2)14(8-12)10-18-7-3-4-13(9-18)16(17)20/h3-9H,10H2,1-2H3,(H-,17,20)/p+1. The highest BCUT2D eigenvalue weighted by Crippen LogP contribution is 2.20. The van der Waals surface area contributed by atoms with E-state index < -0.39 is 5.91 Å². The normalized spacial score (nSPS) is 10.2. The van der Waals surface area contributed by atoms with E-state index in [2.05, 4.69) is 0 Å². The first-order chi connectivity index (χ1) is 10.0. The molecule has 5 heteroatoms. The molecule has 2 N–H and O–H groups in total. The van der Waals surface area contributed by atoms with Crippen molar-refractivity contribution in [2.45, 2.75) is 13.5 Å². The van der Waals surface area contributed by atoms with Crippen molar-refractivity contribution < 1.29 is 18.9 Å². The lowest BCUT2D eigenvalue weighted by Gasteiger charge is -2.07. The van der Waals surface area contributed by atoms with Crippen molar-refractivity contribution in [2.75, 3.05) is 7.11 Å². The Morgan fingerprint density at radius 2 is 2.00 bits per heavy atom. The summed E-state index contributed by atoms with van der Waals surface area (Å²) in [5.41, 5.74) is 7.18. The van der Waals surface area contributed by atoms with Gasteiger partial charge in [-0.1, -0.05) is 0 Å². The third kappa shape index (κ3) is 3.45. The molecule has 1 heterocycles. The van der Waals surface area contributed by atoms with Gasteiger partial charge in [0.05, 0.1) is 12.7 Å². The number of hydrogen-bond donors (Lipinski definition) is 1. The average Bonchev–Trinajstić information content (AvgIpc) is 2.47. The van der Waals surface area contributed by atoms with Crippen LogP contribution < -0.4 is 15.0 Å². The molecule has 0 atom stereocenters. The number of Topliss-reactive ketones (excluding diaryl/α,β-unsaturated/α-hetero) is 1. The lowest BCUT2D eigenvalue weighted by atomic mass is 10.1. The smallest absolute Gasteiger partial charge is 0.254 e. The van der Waals surface area contributed by atoms with Crippen molar-refractivity contribution in [3.63, 3.8) is 0 Å². The Hall–Kier alpha value is -2.69. The van der Waals surface area contributed by atoms with Gasteiger partial charge in [0, 0.05) is 11.6 Å². The molecule has 1 amide bonds. The number of methoxy groups -OCH3 is 1. The van der Waals surface area contributed by atoms with Gasteiger partial charge in [0.25, 0.3) is 5.91 Å². The van der Waals surface area contributed by atoms with Crippen LogP contribution in [-0.4, -0.2) is 18.8 Å². The third-order valence-corrected chi connectivity index (χ3v) is 3.18. The van der Waals surface area contributed by atoms with Crippen molar-refractivity contribution in [3.05, 3.63) is 59.4 Å². The second-order valence-corrected chi connectivity index (χ2v) is 4.71. The molecule has 1 aromatic carbocycles. The SMILES string of the molecule is COc1ccc(C(C)=O)cc1C[n+]1cccc(C(N)=O)c1. The highest BCUT2D eigenvalue weighted by atomic mass is 16.5. The number of ether oxygens (including phenoxy) is 1. The van der Waals surface area contributed by atoms with E-state index in [-0.39, 0.29) is 5.78 Å². The molecule has 5 nitrogen and oxygen atoms in total. The van der Waals surface area contributed by atoms with Gasteiger partial charge in [-0.15, -0.1) is 0 Å². The molecule has 0 radical (unpaired) electrons. The Bertz CT molecular complexity index is 696. The molecular formula is C16H17N2O3+. The number of aromatic nitrogens is 1. The predicted octanol–water partition coefficient (Wildman–Crippen LogP) is 1.33. The molecule has 0 saturated heterocycles. The minimum Gasteiger partial charge on any atom is -0.496 e. The van der Waals surface area contributed by atoms with Crippen molar-refractivity contribution >= 4 is 11.7 Å². The van der Waals surface area contributed by atoms with Gasteiger partial charge in [-0.05, 0) is 31.2 Å². The van der Waals surface area contributed by atoms with Crippen LogP contribution in [-0.2, 0) is 6.54 Å². The zero-order valence-corrected chi connectivity index (χ0v) is 12.0. The van der Waals surface area contributed by atoms with Crippen molar-refractivity contribution in [3.8, 4) is 5.75 Å². The monoisotopic (exact) mass is 285 g/mol. The number of rotatable bonds is 5. The summed E-state index contributed by atoms with van der Waals surface area (Å²) in [6.07, 6.45) is 3.49. The number of nitrogens with zero attached hydrogens (tertiary/aromatic N) is 1. The molecule has 0 bridgehead atoms. The van der Waals surface area contributed by atoms with Crippen molar-refractivity contribution in [2.24, 2.45) is 5.73 Å². The number of carbonyl (C=O) groups is 2. The first kappa shape index (κ1) is 14.7. The first-order valence-corrected chi connectivity index (χ1v) is 6.48. The number of primary amides is 1. The van der Waals surface area contributed by atoms with Gasteiger partial charge in [0.2, 0.25) is 0 Å². The summed E-state index contributed by atoms with van der Waals surface area (Å²) in [6, 6.07) is 8.70. The molecule has 0 fully saturated rings. The highest BCUT2D eigenvalue weighted by Gasteiger charge is 2.13. The lowest BCUT2D eigenvalue weighted by molar-refractivity contribution is -0.688. The number of carbonyl (C=O) groups excluding carboxylic acids is 2. The van der Waals surface area contributed by atoms with E-state index in [1.165, 1.54) is 6.92 Å². The Labute approximate surface area is 123 Å². The van der Waals surface area contributed by atoms with E-state index in [0.717, 1.165) is 5.56 Å². The average molecular weight is 285 g/mol. The van der Waals surface area contributed by atoms with Crippen LogP contribution in [0.4, 0.5) is 0 Å². The quantitative estimate of drug-likeness (QED) is 0.665. The molecule has 0 saturated carbocycles. The minimum atomic E-state index is -0.478. The van der Waals surface area contributed by atoms with Crippen LogP contribution in [0.15, 0.2) is 42.7 Å². The van der Waals surface area contributed by atoms with E-state index in [0.29, 0.717) is 23.4 Å². The van der Waals surface area contributed by atoms with Gasteiger partial charge < -0.3 is 10.5 Å². The molecule has 2 rings (SSSR count). The fraction of sp³-hybridized carbons (Fsp3) is 0.188. The number of nitrogens with two attached hydrogens (primary N) is 1. The third-order valence-electron chi connectivity index (χ3n) is 3.18. The molecule has 0 aliphatic rings. The van der Waals surface area contributed by atoms with Gasteiger partial charge in [0.1, 0.15) is 11.3 Å². The number of hydrogen-bond acceptors (Lipinski definition) is 3. The molecule has 0 aliphatic carbocycles. The van der Waals surface area contributed by atoms with Crippen molar-refractivity contribution in [1.82, 2.24) is 0 Å². The van der Waals surface area contributed by atoms with Crippen LogP contribution in [0.1, 0.15) is 33.2 Å². The van der Waals surface area contributed by atoms with Crippen LogP contribution in [0.2, 0.25) is 0 Å². The zero-order chi connectivity index (χ0) is 15.4. The van der Waals surface area contributed by atoms with Crippen LogP contribution in [0.3, 0.4) is 0 Å². The molecular weight excluding hydrogens is 268 g/mol. The van der Waals surface area contributed by atoms with Gasteiger partial charge in [0.15, 0.2) is 24.7 Å². The van der Waals surface area contributed by atoms with E-state index >= 15 is 0 Å². The largest absolute Gasteiger partial charge is 0.496 e. The lowest BCUT2D eigenvalue weighted by Crippen LogP contribution is -2.35. The molecule has 0 aliphatic heterocycles. The maximum absolute atomic E-state index is 11.5. The summed E-state index contributed by atoms with van der Waals surface area (Å²) in [7, 11) is 1.58. The maximum atomic E-state index is 11.5. The van der Waals surface area contributed by atoms with Crippen LogP contribution in [0.25, 0.3) is 0 Å². The van der Waals surface area contributed by atoms with E-state index in [1.807, 2.05) is 10.8 Å². The topological polar surface area (TPSA) is 73.3 Å². The first-order valence-electron chi connectivity index (χ1n) is 6.48. The molecule has 2 aromatic rings. The summed E-state index contributed by atoms with van der Waals surface area (Å²) in [4.78, 5) is 22.7. The Balaban J connectivity index is 2.37. The van der Waals surface area contributed by atoms with Crippen LogP contribution >= 0.6 is 0 Å². The van der Waals surface area contributed by atoms with Crippen LogP contribution in [0, 0.1) is 0 Å². The van der Waals surface area contributed by atoms with E-state index in [1.54, 1.807) is 43.6 Å². The van der Waals surface area contributed by atoms with E-state index in [9.17, 15) is 9.59 Å². The molecule has 1 aromatic heterocycles. The summed E-state index contributed by atoms with van der Waals surface area (Å²) in [5.74, 6) is 0.209. The van der Waals surface area contributed by atoms with E-state index in [4.69, 9.17) is 10.5 Å². The second kappa shape index (κ2) is 6.17. The number of pyridine rings is 1. The molecule has 108 valence electrons. The fourth-order valence-corrected chi connectivity index (χ4v) is 2.08. The highest BCUT2D eigenvalue weighted by molar-refractivity contribution is 5.94.